The van der Waals surface area contributed by atoms with Crippen molar-refractivity contribution >= 4 is 28.3 Å². The Bertz CT molecular complexity index is 390. The SMILES string of the molecule is CCCC1CN=C(NCc2cc(C)c(C)s2)S1. The first-order valence-electron chi connectivity index (χ1n) is 6.20. The Morgan fingerprint density at radius 3 is 2.94 bits per heavy atom. The van der Waals surface area contributed by atoms with Gasteiger partial charge < -0.3 is 5.32 Å². The monoisotopic (exact) mass is 268 g/mol. The zero-order chi connectivity index (χ0) is 12.3. The van der Waals surface area contributed by atoms with Crippen molar-refractivity contribution in [3.05, 3.63) is 21.4 Å². The number of rotatable bonds is 4. The van der Waals surface area contributed by atoms with E-state index in [1.807, 2.05) is 23.1 Å². The number of aryl methyl sites for hydroxylation is 2. The Kier molecular flexibility index (Phi) is 4.51. The molecule has 0 aromatic carbocycles. The van der Waals surface area contributed by atoms with E-state index in [0.29, 0.717) is 5.25 Å². The second-order valence-corrected chi connectivity index (χ2v) is 7.11. The lowest BCUT2D eigenvalue weighted by Gasteiger charge is -2.06. The minimum Gasteiger partial charge on any atom is -0.360 e. The lowest BCUT2D eigenvalue weighted by atomic mass is 10.2. The molecule has 1 aliphatic heterocycles. The van der Waals surface area contributed by atoms with Gasteiger partial charge in [0.15, 0.2) is 5.17 Å². The van der Waals surface area contributed by atoms with Crippen molar-refractivity contribution in [2.75, 3.05) is 6.54 Å². The van der Waals surface area contributed by atoms with Crippen molar-refractivity contribution in [3.63, 3.8) is 0 Å². The number of hydrogen-bond donors (Lipinski definition) is 1. The largest absolute Gasteiger partial charge is 0.360 e. The van der Waals surface area contributed by atoms with Gasteiger partial charge in [0.25, 0.3) is 0 Å². The lowest BCUT2D eigenvalue weighted by Crippen LogP contribution is -2.18. The Balaban J connectivity index is 1.80. The molecule has 1 aromatic heterocycles. The molecule has 1 aliphatic rings. The molecule has 0 spiro atoms. The van der Waals surface area contributed by atoms with Gasteiger partial charge in [-0.1, -0.05) is 25.1 Å². The zero-order valence-electron chi connectivity index (χ0n) is 10.7. The fourth-order valence-electron chi connectivity index (χ4n) is 1.89. The lowest BCUT2D eigenvalue weighted by molar-refractivity contribution is 0.754. The van der Waals surface area contributed by atoms with E-state index in [1.165, 1.54) is 28.2 Å². The number of aliphatic imine (C=N–C) groups is 1. The summed E-state index contributed by atoms with van der Waals surface area (Å²) in [7, 11) is 0. The molecule has 1 unspecified atom stereocenters. The molecule has 1 N–H and O–H groups in total. The summed E-state index contributed by atoms with van der Waals surface area (Å²) in [6.07, 6.45) is 2.53. The van der Waals surface area contributed by atoms with Gasteiger partial charge in [0.2, 0.25) is 0 Å². The van der Waals surface area contributed by atoms with Gasteiger partial charge in [-0.3, -0.25) is 4.99 Å². The Morgan fingerprint density at radius 2 is 2.29 bits per heavy atom. The molecule has 1 atom stereocenters. The molecule has 0 aliphatic carbocycles. The summed E-state index contributed by atoms with van der Waals surface area (Å²) in [4.78, 5) is 7.38. The number of amidine groups is 1. The maximum Gasteiger partial charge on any atom is 0.157 e. The van der Waals surface area contributed by atoms with Crippen LogP contribution in [-0.2, 0) is 6.54 Å². The van der Waals surface area contributed by atoms with Crippen LogP contribution in [0.15, 0.2) is 11.1 Å². The first kappa shape index (κ1) is 13.0. The molecule has 17 heavy (non-hydrogen) atoms. The topological polar surface area (TPSA) is 24.4 Å². The van der Waals surface area contributed by atoms with Crippen molar-refractivity contribution < 1.29 is 0 Å². The third-order valence-electron chi connectivity index (χ3n) is 2.96. The minimum absolute atomic E-state index is 0.703. The summed E-state index contributed by atoms with van der Waals surface area (Å²) in [5.41, 5.74) is 1.40. The third kappa shape index (κ3) is 3.49. The van der Waals surface area contributed by atoms with Gasteiger partial charge in [0, 0.05) is 15.0 Å². The smallest absolute Gasteiger partial charge is 0.157 e. The highest BCUT2D eigenvalue weighted by molar-refractivity contribution is 8.14. The van der Waals surface area contributed by atoms with E-state index in [0.717, 1.165) is 18.3 Å². The standard InChI is InChI=1S/C13H20N2S2/c1-4-5-11-7-14-13(17-11)15-8-12-6-9(2)10(3)16-12/h6,11H,4-5,7-8H2,1-3H3,(H,14,15). The Labute approximate surface area is 112 Å². The first-order chi connectivity index (χ1) is 8.19. The van der Waals surface area contributed by atoms with E-state index in [2.05, 4.69) is 37.1 Å². The maximum absolute atomic E-state index is 4.55. The van der Waals surface area contributed by atoms with Crippen molar-refractivity contribution in [2.45, 2.75) is 45.4 Å². The van der Waals surface area contributed by atoms with Gasteiger partial charge in [-0.15, -0.1) is 11.3 Å². The third-order valence-corrected chi connectivity index (χ3v) is 5.33. The van der Waals surface area contributed by atoms with Crippen molar-refractivity contribution in [3.8, 4) is 0 Å². The molecular formula is C13H20N2S2. The van der Waals surface area contributed by atoms with E-state index < -0.39 is 0 Å². The van der Waals surface area contributed by atoms with E-state index in [1.54, 1.807) is 0 Å². The van der Waals surface area contributed by atoms with Gasteiger partial charge in [0.1, 0.15) is 0 Å². The fraction of sp³-hybridized carbons (Fsp3) is 0.615. The second kappa shape index (κ2) is 5.91. The van der Waals surface area contributed by atoms with Crippen LogP contribution in [0.5, 0.6) is 0 Å². The molecule has 0 saturated carbocycles. The maximum atomic E-state index is 4.55. The van der Waals surface area contributed by atoms with Gasteiger partial charge in [0.05, 0.1) is 13.1 Å². The molecule has 94 valence electrons. The van der Waals surface area contributed by atoms with E-state index in [-0.39, 0.29) is 0 Å². The molecule has 2 rings (SSSR count). The molecule has 2 heterocycles. The normalized spacial score (nSPS) is 19.5. The molecule has 0 bridgehead atoms. The summed E-state index contributed by atoms with van der Waals surface area (Å²) in [5.74, 6) is 0. The zero-order valence-corrected chi connectivity index (χ0v) is 12.4. The van der Waals surface area contributed by atoms with E-state index >= 15 is 0 Å². The number of nitrogens with zero attached hydrogens (tertiary/aromatic N) is 1. The average molecular weight is 268 g/mol. The number of nitrogens with one attached hydrogen (secondary N) is 1. The van der Waals surface area contributed by atoms with Gasteiger partial charge >= 0.3 is 0 Å². The van der Waals surface area contributed by atoms with Crippen LogP contribution >= 0.6 is 23.1 Å². The molecule has 0 fully saturated rings. The van der Waals surface area contributed by atoms with Crippen LogP contribution in [0.3, 0.4) is 0 Å². The summed E-state index contributed by atoms with van der Waals surface area (Å²) in [6.45, 7) is 8.51. The first-order valence-corrected chi connectivity index (χ1v) is 7.89. The van der Waals surface area contributed by atoms with Crippen LogP contribution < -0.4 is 5.32 Å². The highest BCUT2D eigenvalue weighted by atomic mass is 32.2. The summed E-state index contributed by atoms with van der Waals surface area (Å²) in [5, 5.41) is 5.28. The highest BCUT2D eigenvalue weighted by Crippen LogP contribution is 2.25. The van der Waals surface area contributed by atoms with Gasteiger partial charge in [-0.25, -0.2) is 0 Å². The van der Waals surface area contributed by atoms with E-state index in [4.69, 9.17) is 0 Å². The van der Waals surface area contributed by atoms with Crippen LogP contribution in [0.4, 0.5) is 0 Å². The molecule has 0 saturated heterocycles. The Morgan fingerprint density at radius 1 is 1.47 bits per heavy atom. The minimum atomic E-state index is 0.703. The fourth-order valence-corrected chi connectivity index (χ4v) is 4.00. The van der Waals surface area contributed by atoms with Crippen LogP contribution in [0.2, 0.25) is 0 Å². The number of hydrogen-bond acceptors (Lipinski definition) is 4. The average Bonchev–Trinajstić information content (AvgIpc) is 2.85. The summed E-state index contributed by atoms with van der Waals surface area (Å²) in [6, 6.07) is 2.27. The van der Waals surface area contributed by atoms with Crippen molar-refractivity contribution in [1.29, 1.82) is 0 Å². The highest BCUT2D eigenvalue weighted by Gasteiger charge is 2.18. The number of thiophene rings is 1. The van der Waals surface area contributed by atoms with Crippen LogP contribution in [0.1, 0.15) is 35.1 Å². The molecule has 2 nitrogen and oxygen atoms in total. The molecule has 1 aromatic rings. The predicted molar refractivity (Wildman–Crippen MR) is 79.2 cm³/mol. The molecule has 4 heteroatoms. The van der Waals surface area contributed by atoms with Crippen molar-refractivity contribution in [2.24, 2.45) is 4.99 Å². The van der Waals surface area contributed by atoms with Crippen LogP contribution in [0.25, 0.3) is 0 Å². The summed E-state index contributed by atoms with van der Waals surface area (Å²) >= 11 is 3.79. The van der Waals surface area contributed by atoms with Crippen LogP contribution in [0, 0.1) is 13.8 Å². The van der Waals surface area contributed by atoms with Gasteiger partial charge in [-0.2, -0.15) is 0 Å². The van der Waals surface area contributed by atoms with Gasteiger partial charge in [-0.05, 0) is 31.9 Å². The second-order valence-electron chi connectivity index (χ2n) is 4.48. The number of thioether (sulfide) groups is 1. The summed E-state index contributed by atoms with van der Waals surface area (Å²) < 4.78 is 0. The molecule has 0 radical (unpaired) electrons. The molecule has 0 amide bonds. The quantitative estimate of drug-likeness (QED) is 0.900. The molecular weight excluding hydrogens is 248 g/mol. The van der Waals surface area contributed by atoms with E-state index in [9.17, 15) is 0 Å². The Hall–Kier alpha value is -0.480. The predicted octanol–water partition coefficient (Wildman–Crippen LogP) is 3.73. The van der Waals surface area contributed by atoms with Crippen LogP contribution in [-0.4, -0.2) is 17.0 Å². The van der Waals surface area contributed by atoms with Crippen molar-refractivity contribution in [1.82, 2.24) is 5.32 Å².